The van der Waals surface area contributed by atoms with Gasteiger partial charge in [0, 0.05) is 12.6 Å². The first-order chi connectivity index (χ1) is 8.47. The molecule has 0 heterocycles. The van der Waals surface area contributed by atoms with Gasteiger partial charge in [-0.15, -0.1) is 0 Å². The zero-order valence-corrected chi connectivity index (χ0v) is 10.3. The number of benzene rings is 1. The van der Waals surface area contributed by atoms with Crippen LogP contribution in [0.2, 0.25) is 0 Å². The van der Waals surface area contributed by atoms with Crippen LogP contribution < -0.4 is 16.6 Å². The number of nitrogens with zero attached hydrogens (tertiary/aromatic N) is 1. The summed E-state index contributed by atoms with van der Waals surface area (Å²) >= 11 is 0. The minimum atomic E-state index is -0.589. The molecule has 0 fully saturated rings. The van der Waals surface area contributed by atoms with Crippen LogP contribution in [0.4, 0.5) is 11.4 Å². The Bertz CT molecular complexity index is 460. The van der Waals surface area contributed by atoms with Crippen molar-refractivity contribution in [3.8, 4) is 0 Å². The van der Waals surface area contributed by atoms with Crippen LogP contribution >= 0.6 is 0 Å². The Hall–Kier alpha value is -2.15. The van der Waals surface area contributed by atoms with E-state index in [9.17, 15) is 14.9 Å². The maximum absolute atomic E-state index is 11.9. The van der Waals surface area contributed by atoms with Gasteiger partial charge >= 0.3 is 0 Å². The topological polar surface area (TPSA) is 110 Å². The van der Waals surface area contributed by atoms with Gasteiger partial charge in [-0.05, 0) is 12.0 Å². The number of amides is 1. The molecular weight excluding hydrogens is 236 g/mol. The van der Waals surface area contributed by atoms with E-state index in [1.807, 2.05) is 13.8 Å². The SMILES string of the molecule is CC(C)CNC(=O)c1cccc([N+](=O)[O-])c1NN. The van der Waals surface area contributed by atoms with Gasteiger partial charge in [-0.3, -0.25) is 20.8 Å². The van der Waals surface area contributed by atoms with Gasteiger partial charge in [-0.1, -0.05) is 19.9 Å². The standard InChI is InChI=1S/C11H16N4O3/c1-7(2)6-13-11(16)8-4-3-5-9(15(17)18)10(8)14-12/h3-5,7,14H,6,12H2,1-2H3,(H,13,16). The second kappa shape index (κ2) is 5.97. The van der Waals surface area contributed by atoms with Gasteiger partial charge in [0.1, 0.15) is 5.69 Å². The Balaban J connectivity index is 3.05. The Kier molecular flexibility index (Phi) is 4.61. The lowest BCUT2D eigenvalue weighted by Gasteiger charge is -2.11. The highest BCUT2D eigenvalue weighted by Crippen LogP contribution is 2.27. The number of rotatable bonds is 5. The summed E-state index contributed by atoms with van der Waals surface area (Å²) in [6.45, 7) is 4.40. The minimum Gasteiger partial charge on any atom is -0.352 e. The summed E-state index contributed by atoms with van der Waals surface area (Å²) in [5, 5.41) is 13.5. The summed E-state index contributed by atoms with van der Waals surface area (Å²) in [6.07, 6.45) is 0. The maximum Gasteiger partial charge on any atom is 0.294 e. The molecule has 1 aromatic rings. The van der Waals surface area contributed by atoms with Gasteiger partial charge < -0.3 is 10.7 Å². The lowest BCUT2D eigenvalue weighted by molar-refractivity contribution is -0.384. The number of nitro benzene ring substituents is 1. The van der Waals surface area contributed by atoms with E-state index < -0.39 is 4.92 Å². The summed E-state index contributed by atoms with van der Waals surface area (Å²) in [7, 11) is 0. The highest BCUT2D eigenvalue weighted by Gasteiger charge is 2.20. The number of nitro groups is 1. The van der Waals surface area contributed by atoms with E-state index in [0.717, 1.165) is 0 Å². The molecule has 1 aromatic carbocycles. The van der Waals surface area contributed by atoms with Gasteiger partial charge in [-0.2, -0.15) is 0 Å². The van der Waals surface area contributed by atoms with Crippen LogP contribution in [0.15, 0.2) is 18.2 Å². The molecule has 0 unspecified atom stereocenters. The van der Waals surface area contributed by atoms with Crippen LogP contribution in [0.25, 0.3) is 0 Å². The third-order valence-corrected chi connectivity index (χ3v) is 2.30. The van der Waals surface area contributed by atoms with Crippen LogP contribution in [0.5, 0.6) is 0 Å². The number of hydrazine groups is 1. The number of carbonyl (C=O) groups excluding carboxylic acids is 1. The number of nitrogens with two attached hydrogens (primary N) is 1. The normalized spacial score (nSPS) is 10.2. The van der Waals surface area contributed by atoms with Crippen molar-refractivity contribution in [2.75, 3.05) is 12.0 Å². The van der Waals surface area contributed by atoms with E-state index in [0.29, 0.717) is 12.5 Å². The Labute approximate surface area is 104 Å². The van der Waals surface area contributed by atoms with Crippen LogP contribution in [0.3, 0.4) is 0 Å². The Morgan fingerprint density at radius 2 is 2.17 bits per heavy atom. The fourth-order valence-corrected chi connectivity index (χ4v) is 1.43. The third kappa shape index (κ3) is 3.17. The number of para-hydroxylation sites is 1. The molecule has 1 amide bonds. The molecule has 0 aliphatic carbocycles. The molecule has 0 aliphatic rings. The zero-order valence-electron chi connectivity index (χ0n) is 10.3. The smallest absolute Gasteiger partial charge is 0.294 e. The predicted octanol–water partition coefficient (Wildman–Crippen LogP) is 1.27. The van der Waals surface area contributed by atoms with E-state index in [1.165, 1.54) is 18.2 Å². The molecule has 0 aromatic heterocycles. The molecular formula is C11H16N4O3. The van der Waals surface area contributed by atoms with Gasteiger partial charge in [0.25, 0.3) is 11.6 Å². The van der Waals surface area contributed by atoms with E-state index in [2.05, 4.69) is 10.7 Å². The molecule has 0 aliphatic heterocycles. The van der Waals surface area contributed by atoms with E-state index in [-0.39, 0.29) is 22.8 Å². The van der Waals surface area contributed by atoms with Gasteiger partial charge in [0.15, 0.2) is 0 Å². The molecule has 4 N–H and O–H groups in total. The van der Waals surface area contributed by atoms with Crippen molar-refractivity contribution in [1.29, 1.82) is 0 Å². The van der Waals surface area contributed by atoms with Crippen molar-refractivity contribution in [1.82, 2.24) is 5.32 Å². The largest absolute Gasteiger partial charge is 0.352 e. The van der Waals surface area contributed by atoms with Crippen LogP contribution in [0, 0.1) is 16.0 Å². The van der Waals surface area contributed by atoms with E-state index in [1.54, 1.807) is 0 Å². The quantitative estimate of drug-likeness (QED) is 0.415. The van der Waals surface area contributed by atoms with Crippen molar-refractivity contribution in [3.05, 3.63) is 33.9 Å². The number of carbonyl (C=O) groups is 1. The predicted molar refractivity (Wildman–Crippen MR) is 68.1 cm³/mol. The maximum atomic E-state index is 11.9. The van der Waals surface area contributed by atoms with Crippen molar-refractivity contribution >= 4 is 17.3 Å². The zero-order chi connectivity index (χ0) is 13.7. The number of nitrogen functional groups attached to an aromatic ring is 1. The Morgan fingerprint density at radius 3 is 2.67 bits per heavy atom. The van der Waals surface area contributed by atoms with E-state index in [4.69, 9.17) is 5.84 Å². The molecule has 0 bridgehead atoms. The molecule has 1 rings (SSSR count). The molecule has 7 nitrogen and oxygen atoms in total. The highest BCUT2D eigenvalue weighted by molar-refractivity contribution is 6.01. The van der Waals surface area contributed by atoms with Gasteiger partial charge in [0.2, 0.25) is 0 Å². The number of anilines is 1. The third-order valence-electron chi connectivity index (χ3n) is 2.30. The minimum absolute atomic E-state index is 0.0174. The fraction of sp³-hybridized carbons (Fsp3) is 0.364. The summed E-state index contributed by atoms with van der Waals surface area (Å²) in [4.78, 5) is 22.1. The van der Waals surface area contributed by atoms with Crippen molar-refractivity contribution in [2.45, 2.75) is 13.8 Å². The molecule has 98 valence electrons. The summed E-state index contributed by atoms with van der Waals surface area (Å²) in [6, 6.07) is 4.22. The first-order valence-corrected chi connectivity index (χ1v) is 5.49. The summed E-state index contributed by atoms with van der Waals surface area (Å²) < 4.78 is 0. The lowest BCUT2D eigenvalue weighted by atomic mass is 10.1. The highest BCUT2D eigenvalue weighted by atomic mass is 16.6. The van der Waals surface area contributed by atoms with Crippen molar-refractivity contribution in [2.24, 2.45) is 11.8 Å². The summed E-state index contributed by atoms with van der Waals surface area (Å²) in [5.41, 5.74) is 2.16. The Morgan fingerprint density at radius 1 is 1.50 bits per heavy atom. The van der Waals surface area contributed by atoms with Gasteiger partial charge in [-0.25, -0.2) is 0 Å². The average molecular weight is 252 g/mol. The molecule has 0 atom stereocenters. The fourth-order valence-electron chi connectivity index (χ4n) is 1.43. The first kappa shape index (κ1) is 13.9. The molecule has 7 heteroatoms. The number of hydrogen-bond acceptors (Lipinski definition) is 5. The first-order valence-electron chi connectivity index (χ1n) is 5.49. The van der Waals surface area contributed by atoms with Crippen LogP contribution in [-0.4, -0.2) is 17.4 Å². The second-order valence-electron chi connectivity index (χ2n) is 4.21. The van der Waals surface area contributed by atoms with Crippen LogP contribution in [0.1, 0.15) is 24.2 Å². The monoisotopic (exact) mass is 252 g/mol. The molecule has 0 saturated heterocycles. The number of hydrogen-bond donors (Lipinski definition) is 3. The van der Waals surface area contributed by atoms with Crippen molar-refractivity contribution in [3.63, 3.8) is 0 Å². The molecule has 18 heavy (non-hydrogen) atoms. The number of nitrogens with one attached hydrogen (secondary N) is 2. The average Bonchev–Trinajstić information content (AvgIpc) is 2.34. The molecule has 0 spiro atoms. The molecule has 0 radical (unpaired) electrons. The van der Waals surface area contributed by atoms with Crippen molar-refractivity contribution < 1.29 is 9.72 Å². The second-order valence-corrected chi connectivity index (χ2v) is 4.21. The summed E-state index contributed by atoms with van der Waals surface area (Å²) in [5.74, 6) is 5.15. The van der Waals surface area contributed by atoms with Crippen LogP contribution in [-0.2, 0) is 0 Å². The van der Waals surface area contributed by atoms with Gasteiger partial charge in [0.05, 0.1) is 10.5 Å². The lowest BCUT2D eigenvalue weighted by Crippen LogP contribution is -2.28. The van der Waals surface area contributed by atoms with E-state index >= 15 is 0 Å². The molecule has 0 saturated carbocycles.